The number of alkyl halides is 5. The van der Waals surface area contributed by atoms with E-state index in [-0.39, 0.29) is 23.0 Å². The fraction of sp³-hybridized carbons (Fsp3) is 0.500. The molecular formula is C16H15F5O2S. The molecule has 2 atom stereocenters. The van der Waals surface area contributed by atoms with Gasteiger partial charge in [-0.15, -0.1) is 0 Å². The Kier molecular flexibility index (Phi) is 4.55. The molecule has 132 valence electrons. The van der Waals surface area contributed by atoms with Crippen LogP contribution in [0, 0.1) is 0 Å². The molecule has 0 heterocycles. The van der Waals surface area contributed by atoms with Gasteiger partial charge in [0.1, 0.15) is 18.0 Å². The molecule has 2 aliphatic rings. The molecular weight excluding hydrogens is 351 g/mol. The monoisotopic (exact) mass is 366 g/mol. The van der Waals surface area contributed by atoms with Crippen molar-refractivity contribution in [2.45, 2.75) is 54.2 Å². The van der Waals surface area contributed by atoms with Gasteiger partial charge < -0.3 is 9.84 Å². The average molecular weight is 366 g/mol. The van der Waals surface area contributed by atoms with E-state index in [1.807, 2.05) is 12.2 Å². The minimum atomic E-state index is -4.62. The molecule has 0 amide bonds. The van der Waals surface area contributed by atoms with E-state index in [0.29, 0.717) is 12.8 Å². The number of thioether (sulfide) groups is 1. The van der Waals surface area contributed by atoms with Gasteiger partial charge in [-0.05, 0) is 36.7 Å². The molecule has 8 heteroatoms. The molecule has 0 spiro atoms. The van der Waals surface area contributed by atoms with E-state index in [1.54, 1.807) is 0 Å². The Hall–Kier alpha value is -1.28. The van der Waals surface area contributed by atoms with E-state index in [0.717, 1.165) is 12.5 Å². The van der Waals surface area contributed by atoms with Crippen LogP contribution in [-0.4, -0.2) is 22.6 Å². The van der Waals surface area contributed by atoms with Gasteiger partial charge in [-0.25, -0.2) is 8.78 Å². The molecule has 0 radical (unpaired) electrons. The van der Waals surface area contributed by atoms with Gasteiger partial charge in [-0.2, -0.15) is 13.2 Å². The van der Waals surface area contributed by atoms with Crippen LogP contribution in [0.5, 0.6) is 5.75 Å². The Morgan fingerprint density at radius 2 is 1.96 bits per heavy atom. The first-order valence-corrected chi connectivity index (χ1v) is 8.28. The SMILES string of the molecule is OC1c2c(SC(F)(F)F)ccc(OC3CC=CCC3)c2CC1(F)F. The third kappa shape index (κ3) is 3.54. The van der Waals surface area contributed by atoms with Crippen molar-refractivity contribution in [3.05, 3.63) is 35.4 Å². The summed E-state index contributed by atoms with van der Waals surface area (Å²) in [6.07, 6.45) is 2.76. The van der Waals surface area contributed by atoms with Gasteiger partial charge in [-0.3, -0.25) is 0 Å². The van der Waals surface area contributed by atoms with Gasteiger partial charge in [0.2, 0.25) is 0 Å². The highest BCUT2D eigenvalue weighted by Crippen LogP contribution is 2.52. The van der Waals surface area contributed by atoms with Crippen LogP contribution >= 0.6 is 11.8 Å². The summed E-state index contributed by atoms with van der Waals surface area (Å²) in [7, 11) is 0. The van der Waals surface area contributed by atoms with Gasteiger partial charge >= 0.3 is 5.51 Å². The summed E-state index contributed by atoms with van der Waals surface area (Å²) in [4.78, 5) is -0.405. The number of aliphatic hydroxyl groups excluding tert-OH is 1. The van der Waals surface area contributed by atoms with Gasteiger partial charge in [0.25, 0.3) is 5.92 Å². The summed E-state index contributed by atoms with van der Waals surface area (Å²) in [6, 6.07) is 2.38. The van der Waals surface area contributed by atoms with Crippen LogP contribution < -0.4 is 4.74 Å². The van der Waals surface area contributed by atoms with Crippen LogP contribution in [-0.2, 0) is 6.42 Å². The Balaban J connectivity index is 1.97. The van der Waals surface area contributed by atoms with Crippen molar-refractivity contribution >= 4 is 11.8 Å². The lowest BCUT2D eigenvalue weighted by Gasteiger charge is -2.22. The van der Waals surface area contributed by atoms with Crippen molar-refractivity contribution < 1.29 is 31.8 Å². The Bertz CT molecular complexity index is 657. The summed E-state index contributed by atoms with van der Waals surface area (Å²) in [5, 5.41) is 9.82. The first-order chi connectivity index (χ1) is 11.2. The Labute approximate surface area is 139 Å². The molecule has 1 N–H and O–H groups in total. The van der Waals surface area contributed by atoms with E-state index in [2.05, 4.69) is 0 Å². The molecule has 2 nitrogen and oxygen atoms in total. The van der Waals surface area contributed by atoms with Crippen molar-refractivity contribution in [1.82, 2.24) is 0 Å². The molecule has 0 aliphatic heterocycles. The van der Waals surface area contributed by atoms with Crippen LogP contribution in [0.3, 0.4) is 0 Å². The molecule has 0 saturated heterocycles. The second-order valence-electron chi connectivity index (χ2n) is 5.87. The first-order valence-electron chi connectivity index (χ1n) is 7.46. The van der Waals surface area contributed by atoms with E-state index in [1.165, 1.54) is 6.07 Å². The van der Waals surface area contributed by atoms with Gasteiger partial charge in [0.05, 0.1) is 0 Å². The fourth-order valence-electron chi connectivity index (χ4n) is 3.03. The standard InChI is InChI=1S/C16H15F5O2S/c17-15(18)8-10-11(23-9-4-2-1-3-5-9)6-7-12(13(10)14(15)22)24-16(19,20)21/h1-2,6-7,9,14,22H,3-5,8H2. The zero-order chi connectivity index (χ0) is 17.5. The van der Waals surface area contributed by atoms with Gasteiger partial charge in [0, 0.05) is 28.9 Å². The van der Waals surface area contributed by atoms with Crippen molar-refractivity contribution in [3.63, 3.8) is 0 Å². The molecule has 0 aromatic heterocycles. The minimum Gasteiger partial charge on any atom is -0.490 e. The lowest BCUT2D eigenvalue weighted by atomic mass is 10.0. The predicted molar refractivity (Wildman–Crippen MR) is 79.4 cm³/mol. The average Bonchev–Trinajstić information content (AvgIpc) is 2.73. The number of aliphatic hydroxyl groups is 1. The summed E-state index contributed by atoms with van der Waals surface area (Å²) in [6.45, 7) is 0. The minimum absolute atomic E-state index is 0.0312. The summed E-state index contributed by atoms with van der Waals surface area (Å²) in [5.74, 6) is -3.37. The summed E-state index contributed by atoms with van der Waals surface area (Å²) < 4.78 is 71.5. The van der Waals surface area contributed by atoms with E-state index >= 15 is 0 Å². The van der Waals surface area contributed by atoms with E-state index < -0.39 is 40.6 Å². The number of allylic oxidation sites excluding steroid dienone is 1. The Morgan fingerprint density at radius 3 is 2.58 bits per heavy atom. The second-order valence-corrected chi connectivity index (χ2v) is 6.97. The van der Waals surface area contributed by atoms with Crippen molar-refractivity contribution in [3.8, 4) is 5.75 Å². The molecule has 3 rings (SSSR count). The maximum Gasteiger partial charge on any atom is 0.446 e. The number of ether oxygens (including phenoxy) is 1. The molecule has 2 aliphatic carbocycles. The number of hydrogen-bond acceptors (Lipinski definition) is 3. The highest BCUT2D eigenvalue weighted by atomic mass is 32.2. The molecule has 0 fully saturated rings. The van der Waals surface area contributed by atoms with Gasteiger partial charge in [-0.1, -0.05) is 12.2 Å². The number of hydrogen-bond donors (Lipinski definition) is 1. The van der Waals surface area contributed by atoms with Crippen molar-refractivity contribution in [2.75, 3.05) is 0 Å². The smallest absolute Gasteiger partial charge is 0.446 e. The van der Waals surface area contributed by atoms with Crippen molar-refractivity contribution in [1.29, 1.82) is 0 Å². The molecule has 24 heavy (non-hydrogen) atoms. The number of benzene rings is 1. The fourth-order valence-corrected chi connectivity index (χ4v) is 3.76. The maximum atomic E-state index is 13.9. The normalized spacial score (nSPS) is 25.6. The van der Waals surface area contributed by atoms with Crippen LogP contribution in [0.2, 0.25) is 0 Å². The second kappa shape index (κ2) is 6.22. The highest BCUT2D eigenvalue weighted by Gasteiger charge is 2.50. The molecule has 2 unspecified atom stereocenters. The Morgan fingerprint density at radius 1 is 1.21 bits per heavy atom. The third-order valence-electron chi connectivity index (χ3n) is 4.10. The predicted octanol–water partition coefficient (Wildman–Crippen LogP) is 5.01. The van der Waals surface area contributed by atoms with Crippen molar-refractivity contribution in [2.24, 2.45) is 0 Å². The van der Waals surface area contributed by atoms with Crippen LogP contribution in [0.4, 0.5) is 22.0 Å². The zero-order valence-corrected chi connectivity index (χ0v) is 13.3. The first kappa shape index (κ1) is 17.5. The number of halogens is 5. The van der Waals surface area contributed by atoms with Gasteiger partial charge in [0.15, 0.2) is 0 Å². The van der Waals surface area contributed by atoms with E-state index in [4.69, 9.17) is 4.74 Å². The number of fused-ring (bicyclic) bond motifs is 1. The van der Waals surface area contributed by atoms with Crippen LogP contribution in [0.1, 0.15) is 36.5 Å². The summed E-state index contributed by atoms with van der Waals surface area (Å²) >= 11 is -0.495. The lowest BCUT2D eigenvalue weighted by Crippen LogP contribution is -2.22. The van der Waals surface area contributed by atoms with E-state index in [9.17, 15) is 27.1 Å². The summed E-state index contributed by atoms with van der Waals surface area (Å²) in [5.41, 5.74) is -5.02. The molecule has 0 saturated carbocycles. The topological polar surface area (TPSA) is 29.5 Å². The third-order valence-corrected chi connectivity index (χ3v) is 4.91. The van der Waals surface area contributed by atoms with Crippen LogP contribution in [0.15, 0.2) is 29.2 Å². The highest BCUT2D eigenvalue weighted by molar-refractivity contribution is 8.00. The molecule has 1 aromatic carbocycles. The zero-order valence-electron chi connectivity index (χ0n) is 12.4. The molecule has 1 aromatic rings. The molecule has 0 bridgehead atoms. The number of rotatable bonds is 3. The van der Waals surface area contributed by atoms with Crippen LogP contribution in [0.25, 0.3) is 0 Å². The lowest BCUT2D eigenvalue weighted by molar-refractivity contribution is -0.0977. The largest absolute Gasteiger partial charge is 0.490 e. The quantitative estimate of drug-likeness (QED) is 0.463. The maximum absolute atomic E-state index is 13.9.